The number of carboxylic acids is 1. The third-order valence-corrected chi connectivity index (χ3v) is 24.9. The summed E-state index contributed by atoms with van der Waals surface area (Å²) in [6, 6.07) is -6.67. The molecule has 1 aliphatic carbocycles. The molecule has 3 amide bonds. The molecule has 0 bridgehead atoms. The maximum absolute atomic E-state index is 13.2. The summed E-state index contributed by atoms with van der Waals surface area (Å²) in [4.78, 5) is 77.4. The van der Waals surface area contributed by atoms with Crippen LogP contribution in [-0.2, 0) is 133 Å². The van der Waals surface area contributed by atoms with Crippen LogP contribution in [0.15, 0.2) is 4.99 Å². The summed E-state index contributed by atoms with van der Waals surface area (Å²) in [6.07, 6.45) is -52.9. The van der Waals surface area contributed by atoms with Crippen LogP contribution >= 0.6 is 0 Å². The number of nitrogens with one attached hydrogen (secondary N) is 3. The number of rotatable bonds is 41. The molecule has 1 saturated carbocycles. The number of carboxylic acid groups (broad SMARTS) is 1. The van der Waals surface area contributed by atoms with Crippen LogP contribution in [-0.4, -0.2) is 553 Å². The Labute approximate surface area is 809 Å². The van der Waals surface area contributed by atoms with E-state index >= 15 is 0 Å². The van der Waals surface area contributed by atoms with Crippen molar-refractivity contribution in [3.8, 4) is 0 Å². The van der Waals surface area contributed by atoms with Gasteiger partial charge in [-0.2, -0.15) is 0 Å². The summed E-state index contributed by atoms with van der Waals surface area (Å²) in [5.74, 6) is -5.51. The zero-order valence-electron chi connectivity index (χ0n) is 79.5. The summed E-state index contributed by atoms with van der Waals surface area (Å²) in [5, 5.41) is 222. The number of nitrogens with two attached hydrogens (primary N) is 7. The van der Waals surface area contributed by atoms with E-state index in [0.29, 0.717) is 45.2 Å². The molecular weight excluding hydrogens is 1910 g/mol. The van der Waals surface area contributed by atoms with Gasteiger partial charge in [0.1, 0.15) is 177 Å². The van der Waals surface area contributed by atoms with Crippen LogP contribution < -0.4 is 56.1 Å². The Balaban J connectivity index is 0.000000289. The predicted molar refractivity (Wildman–Crippen MR) is 465 cm³/mol. The molecule has 38 N–H and O–H groups in total. The average Bonchev–Trinajstić information content (AvgIpc) is 0.781. The first-order chi connectivity index (χ1) is 66.9. The standard InChI is InChI=1S/C23H41N3O13.C23H43N3O12.C19H37N3O12.C16H28N2O12/c1-10(28)25-13-17(14(29)12(9-27)37-22(13)36-4)38-23-16(31)15(30)18(34-2)19(39-23)20(32)26-11(21(33)35-3)7-5-6-8-24;1-33-19-11(10-36-23(25)26-12(21(32)34-2)6-4-5-7-24)8-13(15(28)16(19)29)37-20-14(9-27)38-22(35-3)18(31)17(20)30;1-5-9(20)14(28)16(7(3-24)30-5)33-19-11(22)15(29)17(8(4-25)32-19)34-18-10(21)13(27)12(26)6(2-23)31-18;1-26-9-5(19)8(22)16(29-11(9)13(23)18-4-3-17)28-10-6(20)7(21)15(27-2)30-12(10)14(24)25/h11-19,22-23,27,29-31H,5-9,24H2,1-4H3,(H,25,28)(H,26,32);11-20,22,27-31H,4-10,24H2,1-3H3,(H2,25,26);5-19,23-29H,2-4,20-22H2,1H3;5-12,15-16,19-22H,3-4,17H2,1-2H3,(H,18,23)(H,24,25)/t11?,12?,13?,14-,15-,16?,17-,18+,19?,22-,23-;11?,12?,13-,14?,15?,16-,17-,18?,19-,20-,22-;5?,6?,7?,8?,9-,10+,11+,12-,13-,14-,15-,16-,17-,18?,19?;5-,6-,7?,8?,9+,10+,11?,12?,15-,16-/m1111/s1. The van der Waals surface area contributed by atoms with Crippen molar-refractivity contribution in [1.82, 2.24) is 16.0 Å². The fourth-order valence-electron chi connectivity index (χ4n) is 16.9. The van der Waals surface area contributed by atoms with Crippen LogP contribution in [0.3, 0.4) is 0 Å². The molecule has 8 saturated heterocycles. The third kappa shape index (κ3) is 31.9. The number of amidine groups is 1. The summed E-state index contributed by atoms with van der Waals surface area (Å²) in [6.45, 7) is 0.832. The van der Waals surface area contributed by atoms with Gasteiger partial charge in [0, 0.05) is 68.6 Å². The van der Waals surface area contributed by atoms with Crippen molar-refractivity contribution in [3.05, 3.63) is 0 Å². The molecule has 0 spiro atoms. The summed E-state index contributed by atoms with van der Waals surface area (Å²) in [5.41, 5.74) is 40.2. The normalized spacial score (nSPS) is 41.4. The fraction of sp³-hybridized carbons (Fsp3) is 0.914. The molecule has 60 nitrogen and oxygen atoms in total. The number of amides is 3. The number of nitrogens with zero attached hydrogens (tertiary/aromatic N) is 1. The lowest BCUT2D eigenvalue weighted by Gasteiger charge is -2.48. The highest BCUT2D eigenvalue weighted by atomic mass is 16.8. The number of hydrogen-bond donors (Lipinski definition) is 31. The van der Waals surface area contributed by atoms with Gasteiger partial charge in [0.15, 0.2) is 68.4 Å². The zero-order valence-corrected chi connectivity index (χ0v) is 79.5. The maximum Gasteiger partial charge on any atom is 0.335 e. The number of hydrogen-bond acceptors (Lipinski definition) is 55. The third-order valence-electron chi connectivity index (χ3n) is 24.9. The molecule has 822 valence electrons. The SMILES string of the molecule is CC1OC(CO)[C@@H](OC2OC(CO)[C@@H](OC3OC(CO)[C@@H](O)[C@H](O)[C@@H]3N)[C@H](O)[C@@H]2N)[C@H](O)[C@@H]1N.COC(=O)C(CCCCN)N=C(N)OCC1C[C@@H](O[C@@H]2C(CO)O[C@@H](OC)C(O)[C@H]2O)C(O)[C@@H](O)[C@@H]1OC.COC(=O)C(CCCCN)NC(=O)C1O[C@@H](O[C@@H]2C(NC(C)=O)[C@H](OC)OC(CO)[C@H]2O)C(O)[C@@H](O)[C@@H]1OC.CO[C@@H]1OC(C(=O)O)[C@@H](O[C@@H]2OC(C(=O)NCCN)[C@@H](OC)[C@H](O)C2O)[C@H](O)C1O. The van der Waals surface area contributed by atoms with Crippen LogP contribution in [0, 0.1) is 5.92 Å². The Hall–Kier alpha value is -5.71. The van der Waals surface area contributed by atoms with Crippen molar-refractivity contribution in [3.63, 3.8) is 0 Å². The van der Waals surface area contributed by atoms with E-state index < -0.39 is 356 Å². The molecule has 8 heterocycles. The van der Waals surface area contributed by atoms with E-state index in [4.69, 9.17) is 144 Å². The summed E-state index contributed by atoms with van der Waals surface area (Å²) in [7, 11) is 9.83. The number of methoxy groups -OCH3 is 8. The molecule has 9 aliphatic rings. The van der Waals surface area contributed by atoms with Crippen LogP contribution in [0.25, 0.3) is 0 Å². The first-order valence-electron chi connectivity index (χ1n) is 45.4. The number of unbranched alkanes of at least 4 members (excludes halogenated alkanes) is 2. The van der Waals surface area contributed by atoms with E-state index in [-0.39, 0.29) is 38.6 Å². The van der Waals surface area contributed by atoms with E-state index in [1.54, 1.807) is 6.92 Å². The predicted octanol–water partition coefficient (Wildman–Crippen LogP) is -19.1. The molecule has 0 aromatic heterocycles. The van der Waals surface area contributed by atoms with Crippen molar-refractivity contribution < 1.29 is 240 Å². The molecule has 20 unspecified atom stereocenters. The molecule has 0 radical (unpaired) electrons. The van der Waals surface area contributed by atoms with E-state index in [1.165, 1.54) is 56.7 Å². The first-order valence-corrected chi connectivity index (χ1v) is 45.4. The topological polar surface area (TPSA) is 961 Å². The highest BCUT2D eigenvalue weighted by Gasteiger charge is 2.59. The van der Waals surface area contributed by atoms with E-state index in [0.717, 1.165) is 7.11 Å². The monoisotopic (exact) mass is 2060 g/mol. The number of esters is 2. The van der Waals surface area contributed by atoms with Crippen molar-refractivity contribution in [2.45, 2.75) is 341 Å². The first kappa shape index (κ1) is 124. The minimum Gasteiger partial charge on any atom is -0.479 e. The van der Waals surface area contributed by atoms with Crippen molar-refractivity contribution >= 4 is 41.7 Å². The Kier molecular flexibility index (Phi) is 52.8. The lowest BCUT2D eigenvalue weighted by Crippen LogP contribution is -2.69. The Bertz CT molecular complexity index is 3700. The smallest absolute Gasteiger partial charge is 0.335 e. The number of carbonyl (C=O) groups is 6. The van der Waals surface area contributed by atoms with Crippen LogP contribution in [0.1, 0.15) is 58.8 Å². The van der Waals surface area contributed by atoms with Gasteiger partial charge in [0.25, 0.3) is 17.8 Å². The minimum atomic E-state index is -1.82. The van der Waals surface area contributed by atoms with Gasteiger partial charge in [-0.15, -0.1) is 0 Å². The molecular formula is C81H149N11O49. The van der Waals surface area contributed by atoms with Gasteiger partial charge in [-0.25, -0.2) is 19.4 Å². The van der Waals surface area contributed by atoms with Crippen molar-refractivity contribution in [2.24, 2.45) is 51.0 Å². The molecule has 8 aliphatic heterocycles. The molecule has 47 atom stereocenters. The van der Waals surface area contributed by atoms with E-state index in [9.17, 15) is 136 Å². The number of aliphatic carboxylic acids is 1. The Morgan fingerprint density at radius 2 is 0.809 bits per heavy atom. The van der Waals surface area contributed by atoms with Gasteiger partial charge in [0.05, 0.1) is 90.3 Å². The number of ether oxygens (including phenoxy) is 22. The van der Waals surface area contributed by atoms with Crippen LogP contribution in [0.4, 0.5) is 0 Å². The molecule has 60 heteroatoms. The second-order valence-electron chi connectivity index (χ2n) is 34.3. The van der Waals surface area contributed by atoms with E-state index in [2.05, 4.69) is 20.9 Å². The molecule has 0 aromatic rings. The van der Waals surface area contributed by atoms with Gasteiger partial charge in [-0.3, -0.25) is 14.4 Å². The van der Waals surface area contributed by atoms with Crippen LogP contribution in [0.5, 0.6) is 0 Å². The molecule has 0 aromatic carbocycles. The number of aliphatic hydroxyl groups excluding tert-OH is 20. The Morgan fingerprint density at radius 1 is 0.397 bits per heavy atom. The van der Waals surface area contributed by atoms with Gasteiger partial charge < -0.3 is 268 Å². The minimum absolute atomic E-state index is 0.0755. The quantitative estimate of drug-likeness (QED) is 0.0117. The number of carbonyl (C=O) groups excluding carboxylic acids is 5. The van der Waals surface area contributed by atoms with E-state index in [1.807, 2.05) is 0 Å². The van der Waals surface area contributed by atoms with Crippen LogP contribution in [0.2, 0.25) is 0 Å². The second-order valence-corrected chi connectivity index (χ2v) is 34.3. The molecule has 9 rings (SSSR count). The van der Waals surface area contributed by atoms with Crippen molar-refractivity contribution in [2.75, 3.05) is 123 Å². The van der Waals surface area contributed by atoms with Crippen molar-refractivity contribution in [1.29, 1.82) is 0 Å². The maximum atomic E-state index is 13.2. The summed E-state index contributed by atoms with van der Waals surface area (Å²) < 4.78 is 118. The van der Waals surface area contributed by atoms with Gasteiger partial charge in [0.2, 0.25) is 5.91 Å². The lowest BCUT2D eigenvalue weighted by atomic mass is 9.80. The number of aliphatic hydroxyl groups is 20. The van der Waals surface area contributed by atoms with Gasteiger partial charge >= 0.3 is 17.9 Å². The molecule has 141 heavy (non-hydrogen) atoms. The average molecular weight is 2060 g/mol. The Morgan fingerprint density at radius 3 is 1.29 bits per heavy atom. The zero-order chi connectivity index (χ0) is 106. The highest BCUT2D eigenvalue weighted by molar-refractivity contribution is 5.87. The van der Waals surface area contributed by atoms with Gasteiger partial charge in [-0.1, -0.05) is 0 Å². The fourth-order valence-corrected chi connectivity index (χ4v) is 16.9. The largest absolute Gasteiger partial charge is 0.479 e. The summed E-state index contributed by atoms with van der Waals surface area (Å²) >= 11 is 0. The van der Waals surface area contributed by atoms with Gasteiger partial charge in [-0.05, 0) is 65.0 Å². The molecule has 9 fully saturated rings. The highest BCUT2D eigenvalue weighted by Crippen LogP contribution is 2.39. The second kappa shape index (κ2) is 60.1. The number of aliphatic imine (C=N–C) groups is 1. The lowest BCUT2D eigenvalue weighted by molar-refractivity contribution is -0.348.